The first-order chi connectivity index (χ1) is 7.61. The minimum Gasteiger partial charge on any atom is -0.495 e. The Balaban J connectivity index is 2.89. The van der Waals surface area contributed by atoms with Crippen LogP contribution in [0, 0.1) is 0 Å². The second-order valence-electron chi connectivity index (χ2n) is 3.37. The van der Waals surface area contributed by atoms with Crippen LogP contribution in [0.2, 0.25) is 0 Å². The number of sulfone groups is 1. The van der Waals surface area contributed by atoms with Gasteiger partial charge in [-0.1, -0.05) is 28.1 Å². The zero-order valence-corrected chi connectivity index (χ0v) is 11.6. The third-order valence-electron chi connectivity index (χ3n) is 2.20. The lowest BCUT2D eigenvalue weighted by molar-refractivity contribution is 0.402. The zero-order chi connectivity index (χ0) is 12.0. The van der Waals surface area contributed by atoms with E-state index in [4.69, 9.17) is 4.74 Å². The Morgan fingerprint density at radius 1 is 1.25 bits per heavy atom. The van der Waals surface area contributed by atoms with Crippen LogP contribution < -0.4 is 4.74 Å². The fraction of sp³-hybridized carbons (Fsp3) is 0.455. The summed E-state index contributed by atoms with van der Waals surface area (Å²) in [7, 11) is -1.74. The quantitative estimate of drug-likeness (QED) is 0.599. The molecule has 0 saturated carbocycles. The number of hydrogen-bond acceptors (Lipinski definition) is 3. The molecule has 0 bridgehead atoms. The Morgan fingerprint density at radius 2 is 1.94 bits per heavy atom. The number of ether oxygens (including phenoxy) is 1. The van der Waals surface area contributed by atoms with Crippen molar-refractivity contribution in [1.29, 1.82) is 0 Å². The van der Waals surface area contributed by atoms with Gasteiger partial charge < -0.3 is 4.74 Å². The van der Waals surface area contributed by atoms with Crippen LogP contribution in [0.4, 0.5) is 0 Å². The van der Waals surface area contributed by atoms with Gasteiger partial charge in [-0.25, -0.2) is 8.42 Å². The van der Waals surface area contributed by atoms with E-state index < -0.39 is 9.84 Å². The van der Waals surface area contributed by atoms with Crippen molar-refractivity contribution >= 4 is 25.8 Å². The van der Waals surface area contributed by atoms with Crippen LogP contribution >= 0.6 is 15.9 Å². The van der Waals surface area contributed by atoms with E-state index >= 15 is 0 Å². The number of rotatable bonds is 6. The molecule has 0 saturated heterocycles. The van der Waals surface area contributed by atoms with Gasteiger partial charge in [0, 0.05) is 5.33 Å². The van der Waals surface area contributed by atoms with Gasteiger partial charge in [0.05, 0.1) is 12.9 Å². The first-order valence-corrected chi connectivity index (χ1v) is 7.81. The van der Waals surface area contributed by atoms with E-state index in [-0.39, 0.29) is 10.6 Å². The highest BCUT2D eigenvalue weighted by atomic mass is 79.9. The van der Waals surface area contributed by atoms with Crippen molar-refractivity contribution in [2.24, 2.45) is 0 Å². The van der Waals surface area contributed by atoms with Crippen LogP contribution in [-0.4, -0.2) is 26.6 Å². The minimum absolute atomic E-state index is 0.166. The van der Waals surface area contributed by atoms with Gasteiger partial charge in [-0.3, -0.25) is 0 Å². The normalized spacial score (nSPS) is 11.4. The molecule has 3 nitrogen and oxygen atoms in total. The molecule has 0 aliphatic carbocycles. The first kappa shape index (κ1) is 13.5. The third kappa shape index (κ3) is 3.49. The average molecular weight is 307 g/mol. The zero-order valence-electron chi connectivity index (χ0n) is 9.15. The van der Waals surface area contributed by atoms with Crippen molar-refractivity contribution in [2.45, 2.75) is 17.7 Å². The SMILES string of the molecule is COc1ccccc1S(=O)(=O)CCCCBr. The lowest BCUT2D eigenvalue weighted by atomic mass is 10.3. The molecule has 0 atom stereocenters. The Morgan fingerprint density at radius 3 is 2.56 bits per heavy atom. The van der Waals surface area contributed by atoms with E-state index in [1.165, 1.54) is 7.11 Å². The summed E-state index contributed by atoms with van der Waals surface area (Å²) in [5.41, 5.74) is 0. The standard InChI is InChI=1S/C11H15BrO3S/c1-15-10-6-2-3-7-11(10)16(13,14)9-5-4-8-12/h2-3,6-7H,4-5,8-9H2,1H3. The van der Waals surface area contributed by atoms with Crippen molar-refractivity contribution in [2.75, 3.05) is 18.2 Å². The van der Waals surface area contributed by atoms with Crippen molar-refractivity contribution < 1.29 is 13.2 Å². The molecular formula is C11H15BrO3S. The van der Waals surface area contributed by atoms with Gasteiger partial charge in [0.25, 0.3) is 0 Å². The molecular weight excluding hydrogens is 292 g/mol. The topological polar surface area (TPSA) is 43.4 Å². The molecule has 0 radical (unpaired) electrons. The monoisotopic (exact) mass is 306 g/mol. The van der Waals surface area contributed by atoms with Crippen LogP contribution in [0.25, 0.3) is 0 Å². The maximum Gasteiger partial charge on any atom is 0.182 e. The van der Waals surface area contributed by atoms with Gasteiger partial charge in [0.1, 0.15) is 10.6 Å². The summed E-state index contributed by atoms with van der Waals surface area (Å²) in [5, 5.41) is 0.828. The number of methoxy groups -OCH3 is 1. The molecule has 16 heavy (non-hydrogen) atoms. The molecule has 0 aromatic heterocycles. The van der Waals surface area contributed by atoms with Gasteiger partial charge in [-0.15, -0.1) is 0 Å². The van der Waals surface area contributed by atoms with Crippen LogP contribution in [0.1, 0.15) is 12.8 Å². The van der Waals surface area contributed by atoms with E-state index in [2.05, 4.69) is 15.9 Å². The van der Waals surface area contributed by atoms with E-state index in [0.717, 1.165) is 11.8 Å². The fourth-order valence-electron chi connectivity index (χ4n) is 1.37. The largest absolute Gasteiger partial charge is 0.495 e. The smallest absolute Gasteiger partial charge is 0.182 e. The van der Waals surface area contributed by atoms with Crippen LogP contribution in [0.15, 0.2) is 29.2 Å². The maximum atomic E-state index is 12.0. The highest BCUT2D eigenvalue weighted by Crippen LogP contribution is 2.24. The van der Waals surface area contributed by atoms with E-state index in [1.807, 2.05) is 0 Å². The first-order valence-electron chi connectivity index (χ1n) is 5.03. The van der Waals surface area contributed by atoms with E-state index in [1.54, 1.807) is 24.3 Å². The molecule has 0 aliphatic heterocycles. The maximum absolute atomic E-state index is 12.0. The van der Waals surface area contributed by atoms with Gasteiger partial charge in [0.2, 0.25) is 0 Å². The molecule has 0 N–H and O–H groups in total. The van der Waals surface area contributed by atoms with E-state index in [9.17, 15) is 8.42 Å². The number of para-hydroxylation sites is 1. The highest BCUT2D eigenvalue weighted by molar-refractivity contribution is 9.09. The summed E-state index contributed by atoms with van der Waals surface area (Å²) in [5.74, 6) is 0.584. The van der Waals surface area contributed by atoms with Crippen LogP contribution in [0.5, 0.6) is 5.75 Å². The Kier molecular flexibility index (Phi) is 5.28. The van der Waals surface area contributed by atoms with E-state index in [0.29, 0.717) is 12.2 Å². The third-order valence-corrected chi connectivity index (χ3v) is 4.60. The molecule has 1 aromatic carbocycles. The van der Waals surface area contributed by atoms with Crippen molar-refractivity contribution in [3.8, 4) is 5.75 Å². The molecule has 90 valence electrons. The number of halogens is 1. The minimum atomic E-state index is -3.22. The number of benzene rings is 1. The van der Waals surface area contributed by atoms with Gasteiger partial charge in [-0.2, -0.15) is 0 Å². The summed E-state index contributed by atoms with van der Waals surface area (Å²) in [6, 6.07) is 6.72. The summed E-state index contributed by atoms with van der Waals surface area (Å²) < 4.78 is 29.0. The number of hydrogen-bond donors (Lipinski definition) is 0. The summed E-state index contributed by atoms with van der Waals surface area (Å²) in [6.07, 6.45) is 1.51. The van der Waals surface area contributed by atoms with Gasteiger partial charge >= 0.3 is 0 Å². The molecule has 0 fully saturated rings. The highest BCUT2D eigenvalue weighted by Gasteiger charge is 2.18. The molecule has 0 amide bonds. The molecule has 1 aromatic rings. The predicted octanol–water partition coefficient (Wildman–Crippen LogP) is 2.64. The second-order valence-corrected chi connectivity index (χ2v) is 6.24. The lowest BCUT2D eigenvalue weighted by Crippen LogP contribution is -2.08. The Labute approximate surface area is 105 Å². The molecule has 1 rings (SSSR count). The van der Waals surface area contributed by atoms with Crippen molar-refractivity contribution in [1.82, 2.24) is 0 Å². The molecule has 0 heterocycles. The van der Waals surface area contributed by atoms with Crippen LogP contribution in [-0.2, 0) is 9.84 Å². The predicted molar refractivity (Wildman–Crippen MR) is 68.1 cm³/mol. The van der Waals surface area contributed by atoms with Crippen molar-refractivity contribution in [3.05, 3.63) is 24.3 Å². The van der Waals surface area contributed by atoms with Crippen LogP contribution in [0.3, 0.4) is 0 Å². The summed E-state index contributed by atoms with van der Waals surface area (Å²) >= 11 is 3.28. The fourth-order valence-corrected chi connectivity index (χ4v) is 3.32. The molecule has 0 unspecified atom stereocenters. The number of alkyl halides is 1. The van der Waals surface area contributed by atoms with Crippen molar-refractivity contribution in [3.63, 3.8) is 0 Å². The van der Waals surface area contributed by atoms with Gasteiger partial charge in [0.15, 0.2) is 9.84 Å². The molecule has 5 heteroatoms. The average Bonchev–Trinajstić information content (AvgIpc) is 2.29. The molecule has 0 aliphatic rings. The Hall–Kier alpha value is -0.550. The van der Waals surface area contributed by atoms with Gasteiger partial charge in [-0.05, 0) is 25.0 Å². The Bertz CT molecular complexity index is 429. The number of unbranched alkanes of at least 4 members (excludes halogenated alkanes) is 1. The molecule has 0 spiro atoms. The summed E-state index contributed by atoms with van der Waals surface area (Å²) in [4.78, 5) is 0.284. The lowest BCUT2D eigenvalue weighted by Gasteiger charge is -2.08. The summed E-state index contributed by atoms with van der Waals surface area (Å²) in [6.45, 7) is 0. The second kappa shape index (κ2) is 6.25.